The van der Waals surface area contributed by atoms with E-state index in [1.807, 2.05) is 30.3 Å². The molecule has 0 atom stereocenters. The molecular weight excluding hydrogens is 194 g/mol. The van der Waals surface area contributed by atoms with Gasteiger partial charge < -0.3 is 5.32 Å². The van der Waals surface area contributed by atoms with Gasteiger partial charge in [0.05, 0.1) is 5.75 Å². The number of carbonyl (C=O) groups is 1. The summed E-state index contributed by atoms with van der Waals surface area (Å²) < 4.78 is 0. The van der Waals surface area contributed by atoms with Crippen molar-refractivity contribution >= 4 is 22.6 Å². The van der Waals surface area contributed by atoms with Crippen molar-refractivity contribution in [3.05, 3.63) is 42.5 Å². The van der Waals surface area contributed by atoms with Crippen LogP contribution >= 0.6 is 11.8 Å². The van der Waals surface area contributed by atoms with E-state index in [1.165, 1.54) is 11.8 Å². The smallest absolute Gasteiger partial charge is 0.230 e. The van der Waals surface area contributed by atoms with Gasteiger partial charge in [0.2, 0.25) is 5.91 Å². The molecule has 1 rings (SSSR count). The van der Waals surface area contributed by atoms with Crippen molar-refractivity contribution in [2.45, 2.75) is 0 Å². The molecule has 0 aliphatic carbocycles. The lowest BCUT2D eigenvalue weighted by molar-refractivity contribution is -0.118. The minimum Gasteiger partial charge on any atom is -0.358 e. The summed E-state index contributed by atoms with van der Waals surface area (Å²) in [6.45, 7) is 3.91. The molecule has 1 aromatic carbocycles. The molecule has 0 saturated carbocycles. The number of rotatable bonds is 4. The molecule has 0 aliphatic rings. The van der Waals surface area contributed by atoms with E-state index >= 15 is 0 Å². The van der Waals surface area contributed by atoms with Crippen LogP contribution in [-0.4, -0.2) is 18.7 Å². The second kappa shape index (κ2) is 5.50. The van der Waals surface area contributed by atoms with Crippen LogP contribution in [0.1, 0.15) is 5.56 Å². The third-order valence-corrected chi connectivity index (χ3v) is 2.74. The molecule has 0 saturated heterocycles. The van der Waals surface area contributed by atoms with Crippen LogP contribution in [0.2, 0.25) is 0 Å². The minimum absolute atomic E-state index is 0.0204. The van der Waals surface area contributed by atoms with Gasteiger partial charge in [-0.05, 0) is 5.56 Å². The van der Waals surface area contributed by atoms with Gasteiger partial charge in [-0.15, -0.1) is 11.8 Å². The second-order valence-electron chi connectivity index (χ2n) is 2.75. The zero-order valence-corrected chi connectivity index (χ0v) is 8.93. The Balaban J connectivity index is 2.48. The largest absolute Gasteiger partial charge is 0.358 e. The summed E-state index contributed by atoms with van der Waals surface area (Å²) >= 11 is 1.46. The van der Waals surface area contributed by atoms with Gasteiger partial charge in [0.25, 0.3) is 0 Å². The van der Waals surface area contributed by atoms with Gasteiger partial charge in [-0.2, -0.15) is 0 Å². The molecule has 3 heteroatoms. The Kier molecular flexibility index (Phi) is 4.26. The molecule has 0 heterocycles. The molecule has 0 spiro atoms. The average molecular weight is 207 g/mol. The van der Waals surface area contributed by atoms with Crippen LogP contribution in [0.15, 0.2) is 36.9 Å². The van der Waals surface area contributed by atoms with Crippen LogP contribution in [-0.2, 0) is 4.79 Å². The van der Waals surface area contributed by atoms with Crippen molar-refractivity contribution in [1.29, 1.82) is 0 Å². The molecule has 1 N–H and O–H groups in total. The molecular formula is C11H13NOS. The maximum atomic E-state index is 11.0. The first-order chi connectivity index (χ1) is 6.74. The van der Waals surface area contributed by atoms with Crippen LogP contribution in [0.3, 0.4) is 0 Å². The summed E-state index contributed by atoms with van der Waals surface area (Å²) in [5.41, 5.74) is 1.07. The number of benzene rings is 1. The maximum absolute atomic E-state index is 11.0. The normalized spacial score (nSPS) is 9.50. The lowest BCUT2D eigenvalue weighted by Gasteiger charge is -2.04. The van der Waals surface area contributed by atoms with Gasteiger partial charge in [-0.1, -0.05) is 36.9 Å². The highest BCUT2D eigenvalue weighted by Gasteiger charge is 2.02. The topological polar surface area (TPSA) is 29.1 Å². The SMILES string of the molecule is C=C(SCC(=O)NC)c1ccccc1. The summed E-state index contributed by atoms with van der Waals surface area (Å²) in [5, 5.41) is 2.57. The van der Waals surface area contributed by atoms with E-state index in [2.05, 4.69) is 11.9 Å². The van der Waals surface area contributed by atoms with Crippen LogP contribution < -0.4 is 5.32 Å². The van der Waals surface area contributed by atoms with Gasteiger partial charge in [0.1, 0.15) is 0 Å². The number of amides is 1. The van der Waals surface area contributed by atoms with E-state index in [1.54, 1.807) is 7.05 Å². The predicted octanol–water partition coefficient (Wildman–Crippen LogP) is 2.14. The third kappa shape index (κ3) is 3.26. The summed E-state index contributed by atoms with van der Waals surface area (Å²) in [6, 6.07) is 9.85. The monoisotopic (exact) mass is 207 g/mol. The number of thioether (sulfide) groups is 1. The highest BCUT2D eigenvalue weighted by atomic mass is 32.2. The fourth-order valence-corrected chi connectivity index (χ4v) is 1.68. The first-order valence-corrected chi connectivity index (χ1v) is 5.30. The quantitative estimate of drug-likeness (QED) is 0.819. The van der Waals surface area contributed by atoms with Crippen LogP contribution in [0, 0.1) is 0 Å². The highest BCUT2D eigenvalue weighted by molar-refractivity contribution is 8.08. The van der Waals surface area contributed by atoms with E-state index in [-0.39, 0.29) is 5.91 Å². The molecule has 1 amide bonds. The fraction of sp³-hybridized carbons (Fsp3) is 0.182. The van der Waals surface area contributed by atoms with Crippen molar-refractivity contribution in [3.63, 3.8) is 0 Å². The van der Waals surface area contributed by atoms with Crippen molar-refractivity contribution < 1.29 is 4.79 Å². The van der Waals surface area contributed by atoms with E-state index in [0.29, 0.717) is 5.75 Å². The summed E-state index contributed by atoms with van der Waals surface area (Å²) in [6.07, 6.45) is 0. The Morgan fingerprint density at radius 1 is 1.43 bits per heavy atom. The fourth-order valence-electron chi connectivity index (χ4n) is 0.932. The molecule has 0 radical (unpaired) electrons. The van der Waals surface area contributed by atoms with E-state index in [4.69, 9.17) is 0 Å². The van der Waals surface area contributed by atoms with Gasteiger partial charge in [-0.3, -0.25) is 4.79 Å². The molecule has 2 nitrogen and oxygen atoms in total. The average Bonchev–Trinajstić information content (AvgIpc) is 2.26. The number of carbonyl (C=O) groups excluding carboxylic acids is 1. The lowest BCUT2D eigenvalue weighted by Crippen LogP contribution is -2.19. The number of hydrogen-bond donors (Lipinski definition) is 1. The van der Waals surface area contributed by atoms with E-state index < -0.39 is 0 Å². The molecule has 0 aliphatic heterocycles. The van der Waals surface area contributed by atoms with Crippen molar-refractivity contribution in [2.24, 2.45) is 0 Å². The van der Waals surface area contributed by atoms with E-state index in [0.717, 1.165) is 10.5 Å². The van der Waals surface area contributed by atoms with Gasteiger partial charge in [0.15, 0.2) is 0 Å². The molecule has 0 fully saturated rings. The lowest BCUT2D eigenvalue weighted by atomic mass is 10.2. The Hall–Kier alpha value is -1.22. The van der Waals surface area contributed by atoms with Gasteiger partial charge in [0, 0.05) is 12.0 Å². The summed E-state index contributed by atoms with van der Waals surface area (Å²) in [5.74, 6) is 0.441. The Morgan fingerprint density at radius 2 is 2.07 bits per heavy atom. The third-order valence-electron chi connectivity index (χ3n) is 1.75. The van der Waals surface area contributed by atoms with Crippen molar-refractivity contribution in [3.8, 4) is 0 Å². The van der Waals surface area contributed by atoms with Gasteiger partial charge >= 0.3 is 0 Å². The minimum atomic E-state index is 0.0204. The number of hydrogen-bond acceptors (Lipinski definition) is 2. The standard InChI is InChI=1S/C11H13NOS/c1-9(14-8-11(13)12-2)10-6-4-3-5-7-10/h3-7H,1,8H2,2H3,(H,12,13). The zero-order chi connectivity index (χ0) is 10.4. The number of nitrogens with one attached hydrogen (secondary N) is 1. The Bertz CT molecular complexity index is 321. The van der Waals surface area contributed by atoms with Crippen molar-refractivity contribution in [2.75, 3.05) is 12.8 Å². The Morgan fingerprint density at radius 3 is 2.64 bits per heavy atom. The van der Waals surface area contributed by atoms with E-state index in [9.17, 15) is 4.79 Å². The second-order valence-corrected chi connectivity index (χ2v) is 3.82. The molecule has 1 aromatic rings. The van der Waals surface area contributed by atoms with Gasteiger partial charge in [-0.25, -0.2) is 0 Å². The summed E-state index contributed by atoms with van der Waals surface area (Å²) in [4.78, 5) is 11.9. The molecule has 0 bridgehead atoms. The van der Waals surface area contributed by atoms with Crippen LogP contribution in [0.4, 0.5) is 0 Å². The zero-order valence-electron chi connectivity index (χ0n) is 8.12. The van der Waals surface area contributed by atoms with Crippen molar-refractivity contribution in [1.82, 2.24) is 5.32 Å². The van der Waals surface area contributed by atoms with Crippen LogP contribution in [0.5, 0.6) is 0 Å². The predicted molar refractivity (Wildman–Crippen MR) is 62.0 cm³/mol. The molecule has 14 heavy (non-hydrogen) atoms. The summed E-state index contributed by atoms with van der Waals surface area (Å²) in [7, 11) is 1.63. The molecule has 0 unspecified atom stereocenters. The highest BCUT2D eigenvalue weighted by Crippen LogP contribution is 2.24. The Labute approximate surface area is 88.4 Å². The first-order valence-electron chi connectivity index (χ1n) is 4.31. The molecule has 0 aromatic heterocycles. The maximum Gasteiger partial charge on any atom is 0.230 e. The van der Waals surface area contributed by atoms with Crippen LogP contribution in [0.25, 0.3) is 4.91 Å². The molecule has 74 valence electrons. The first kappa shape index (κ1) is 10.9.